The molecule has 1 aliphatic rings. The van der Waals surface area contributed by atoms with Crippen molar-refractivity contribution in [3.05, 3.63) is 182 Å². The monoisotopic (exact) mass is 610 g/mol. The SMILES string of the molecule is C=C1/C=C\CCN(c2ccccc2)c2ccc(-c3ccc4c(c3)c3ccccc3n4-c3ccccc3)cc21.CC.Cc1ccccc1. The Hall–Kier alpha value is -5.60. The Morgan fingerprint density at radius 3 is 1.81 bits per heavy atom. The molecule has 0 bridgehead atoms. The predicted molar refractivity (Wildman–Crippen MR) is 205 cm³/mol. The number of aromatic nitrogens is 1. The lowest BCUT2D eigenvalue weighted by molar-refractivity contribution is 0.936. The number of aryl methyl sites for hydroxylation is 1. The number of para-hydroxylation sites is 3. The summed E-state index contributed by atoms with van der Waals surface area (Å²) in [5.41, 5.74) is 12.0. The van der Waals surface area contributed by atoms with Crippen molar-refractivity contribution >= 4 is 38.8 Å². The fourth-order valence-electron chi connectivity index (χ4n) is 6.27. The van der Waals surface area contributed by atoms with Gasteiger partial charge in [-0.3, -0.25) is 0 Å². The quantitative estimate of drug-likeness (QED) is 0.193. The summed E-state index contributed by atoms with van der Waals surface area (Å²) in [5.74, 6) is 0. The zero-order chi connectivity index (χ0) is 32.6. The van der Waals surface area contributed by atoms with E-state index in [1.54, 1.807) is 0 Å². The fourth-order valence-corrected chi connectivity index (χ4v) is 6.27. The van der Waals surface area contributed by atoms with E-state index < -0.39 is 0 Å². The third-order valence-corrected chi connectivity index (χ3v) is 8.50. The van der Waals surface area contributed by atoms with Crippen LogP contribution in [0.3, 0.4) is 0 Å². The van der Waals surface area contributed by atoms with E-state index in [0.29, 0.717) is 0 Å². The first-order valence-corrected chi connectivity index (χ1v) is 16.6. The summed E-state index contributed by atoms with van der Waals surface area (Å²) < 4.78 is 2.36. The largest absolute Gasteiger partial charge is 0.341 e. The van der Waals surface area contributed by atoms with Crippen LogP contribution in [0.4, 0.5) is 11.4 Å². The molecule has 0 fully saturated rings. The summed E-state index contributed by atoms with van der Waals surface area (Å²) >= 11 is 0. The summed E-state index contributed by atoms with van der Waals surface area (Å²) in [6.45, 7) is 11.4. The van der Waals surface area contributed by atoms with Crippen LogP contribution in [0, 0.1) is 6.92 Å². The number of hydrogen-bond acceptors (Lipinski definition) is 1. The molecule has 232 valence electrons. The predicted octanol–water partition coefficient (Wildman–Crippen LogP) is 12.6. The maximum atomic E-state index is 4.43. The van der Waals surface area contributed by atoms with Crippen molar-refractivity contribution in [3.8, 4) is 16.8 Å². The summed E-state index contributed by atoms with van der Waals surface area (Å²) in [6, 6.07) is 53.9. The van der Waals surface area contributed by atoms with Gasteiger partial charge in [0, 0.05) is 39.9 Å². The molecule has 2 nitrogen and oxygen atoms in total. The molecule has 7 aromatic rings. The van der Waals surface area contributed by atoms with Gasteiger partial charge in [-0.25, -0.2) is 0 Å². The van der Waals surface area contributed by atoms with Crippen molar-refractivity contribution in [1.29, 1.82) is 0 Å². The topological polar surface area (TPSA) is 8.17 Å². The molecular formula is C45H42N2. The number of benzene rings is 6. The summed E-state index contributed by atoms with van der Waals surface area (Å²) in [7, 11) is 0. The van der Waals surface area contributed by atoms with Crippen LogP contribution in [0.25, 0.3) is 44.2 Å². The van der Waals surface area contributed by atoms with Crippen LogP contribution < -0.4 is 4.90 Å². The van der Waals surface area contributed by atoms with Crippen LogP contribution >= 0.6 is 0 Å². The van der Waals surface area contributed by atoms with Gasteiger partial charge >= 0.3 is 0 Å². The average Bonchev–Trinajstić information content (AvgIpc) is 3.46. The number of allylic oxidation sites excluding steroid dienone is 2. The Balaban J connectivity index is 0.000000378. The zero-order valence-electron chi connectivity index (χ0n) is 27.6. The molecule has 8 rings (SSSR count). The zero-order valence-corrected chi connectivity index (χ0v) is 27.6. The number of hydrogen-bond donors (Lipinski definition) is 0. The third kappa shape index (κ3) is 6.68. The molecule has 0 aliphatic carbocycles. The maximum Gasteiger partial charge on any atom is 0.0541 e. The lowest BCUT2D eigenvalue weighted by Gasteiger charge is -2.29. The standard InChI is InChI=1S/C36H28N2.C7H8.C2H6/c1-26-12-10-11-23-37(29-13-4-2-5-14-29)34-21-19-27(24-32(26)34)28-20-22-36-33(25-28)31-17-8-9-18-35(31)38(36)30-15-6-3-7-16-30;1-7-5-3-2-4-6-7;1-2/h2-10,12-22,24-25H,1,11,23H2;2-6H,1H3;1-2H3/b12-10-;;. The van der Waals surface area contributed by atoms with Gasteiger partial charge in [0.15, 0.2) is 0 Å². The number of fused-ring (bicyclic) bond motifs is 4. The molecule has 0 atom stereocenters. The average molecular weight is 611 g/mol. The Morgan fingerprint density at radius 2 is 1.13 bits per heavy atom. The van der Waals surface area contributed by atoms with Gasteiger partial charge in [0.05, 0.1) is 11.0 Å². The van der Waals surface area contributed by atoms with E-state index in [0.717, 1.165) is 18.5 Å². The molecule has 0 unspecified atom stereocenters. The van der Waals surface area contributed by atoms with Gasteiger partial charge in [-0.05, 0) is 84.6 Å². The minimum atomic E-state index is 0.936. The Morgan fingerprint density at radius 1 is 0.553 bits per heavy atom. The molecule has 0 radical (unpaired) electrons. The first kappa shape index (κ1) is 31.4. The second-order valence-corrected chi connectivity index (χ2v) is 11.5. The molecule has 47 heavy (non-hydrogen) atoms. The molecule has 2 heterocycles. The molecule has 2 heteroatoms. The smallest absolute Gasteiger partial charge is 0.0541 e. The molecule has 6 aromatic carbocycles. The minimum absolute atomic E-state index is 0.936. The molecule has 1 aromatic heterocycles. The van der Waals surface area contributed by atoms with Crippen LogP contribution in [0.1, 0.15) is 31.4 Å². The van der Waals surface area contributed by atoms with E-state index in [2.05, 4.69) is 169 Å². The maximum absolute atomic E-state index is 4.43. The van der Waals surface area contributed by atoms with Crippen LogP contribution in [-0.4, -0.2) is 11.1 Å². The summed E-state index contributed by atoms with van der Waals surface area (Å²) in [6.07, 6.45) is 5.39. The number of rotatable bonds is 3. The van der Waals surface area contributed by atoms with Gasteiger partial charge in [0.25, 0.3) is 0 Å². The number of nitrogens with zero attached hydrogens (tertiary/aromatic N) is 2. The highest BCUT2D eigenvalue weighted by Gasteiger charge is 2.18. The van der Waals surface area contributed by atoms with Gasteiger partial charge in [-0.2, -0.15) is 0 Å². The van der Waals surface area contributed by atoms with Crippen LogP contribution in [0.15, 0.2) is 170 Å². The van der Waals surface area contributed by atoms with Crippen molar-refractivity contribution < 1.29 is 0 Å². The van der Waals surface area contributed by atoms with Gasteiger partial charge in [-0.15, -0.1) is 0 Å². The second kappa shape index (κ2) is 14.7. The fraction of sp³-hybridized carbons (Fsp3) is 0.111. The van der Waals surface area contributed by atoms with Crippen molar-refractivity contribution in [3.63, 3.8) is 0 Å². The van der Waals surface area contributed by atoms with Crippen molar-refractivity contribution in [1.82, 2.24) is 4.57 Å². The molecule has 0 spiro atoms. The minimum Gasteiger partial charge on any atom is -0.341 e. The molecule has 0 saturated carbocycles. The highest BCUT2D eigenvalue weighted by Crippen LogP contribution is 2.39. The Labute approximate surface area is 279 Å². The lowest BCUT2D eigenvalue weighted by Crippen LogP contribution is -2.20. The normalized spacial score (nSPS) is 13.0. The van der Waals surface area contributed by atoms with E-state index in [-0.39, 0.29) is 0 Å². The van der Waals surface area contributed by atoms with Crippen molar-refractivity contribution in [2.24, 2.45) is 0 Å². The first-order chi connectivity index (χ1) is 23.2. The highest BCUT2D eigenvalue weighted by atomic mass is 15.1. The van der Waals surface area contributed by atoms with Crippen molar-refractivity contribution in [2.45, 2.75) is 27.2 Å². The summed E-state index contributed by atoms with van der Waals surface area (Å²) in [5, 5.41) is 2.53. The van der Waals surface area contributed by atoms with Gasteiger partial charge in [-0.1, -0.05) is 135 Å². The van der Waals surface area contributed by atoms with E-state index in [4.69, 9.17) is 0 Å². The Kier molecular flexibility index (Phi) is 9.79. The van der Waals surface area contributed by atoms with Gasteiger partial charge in [0.2, 0.25) is 0 Å². The van der Waals surface area contributed by atoms with Crippen LogP contribution in [-0.2, 0) is 0 Å². The Bertz CT molecular complexity index is 2120. The van der Waals surface area contributed by atoms with Crippen molar-refractivity contribution in [2.75, 3.05) is 11.4 Å². The molecule has 0 saturated heterocycles. The van der Waals surface area contributed by atoms with Gasteiger partial charge in [0.1, 0.15) is 0 Å². The molecule has 0 amide bonds. The van der Waals surface area contributed by atoms with Crippen LogP contribution in [0.5, 0.6) is 0 Å². The first-order valence-electron chi connectivity index (χ1n) is 16.6. The molecular weight excluding hydrogens is 569 g/mol. The second-order valence-electron chi connectivity index (χ2n) is 11.5. The van der Waals surface area contributed by atoms with E-state index in [1.807, 2.05) is 32.0 Å². The van der Waals surface area contributed by atoms with E-state index in [9.17, 15) is 0 Å². The lowest BCUT2D eigenvalue weighted by atomic mass is 9.95. The molecule has 1 aliphatic heterocycles. The third-order valence-electron chi connectivity index (χ3n) is 8.50. The number of anilines is 2. The van der Waals surface area contributed by atoms with Gasteiger partial charge < -0.3 is 9.47 Å². The molecule has 0 N–H and O–H groups in total. The van der Waals surface area contributed by atoms with E-state index >= 15 is 0 Å². The highest BCUT2D eigenvalue weighted by molar-refractivity contribution is 6.10. The summed E-state index contributed by atoms with van der Waals surface area (Å²) in [4.78, 5) is 2.41. The van der Waals surface area contributed by atoms with Crippen LogP contribution in [0.2, 0.25) is 0 Å². The van der Waals surface area contributed by atoms with E-state index in [1.165, 1.54) is 61.1 Å².